The number of ether oxygens (including phenoxy) is 5. The van der Waals surface area contributed by atoms with Gasteiger partial charge in [-0.3, -0.25) is 14.9 Å². The molecule has 10 nitrogen and oxygen atoms in total. The highest BCUT2D eigenvalue weighted by molar-refractivity contribution is 5.95. The molecule has 10 heteroatoms. The van der Waals surface area contributed by atoms with Crippen molar-refractivity contribution in [1.29, 1.82) is 0 Å². The number of nitro groups is 1. The topological polar surface area (TPSA) is 123 Å². The Morgan fingerprint density at radius 1 is 0.903 bits per heavy atom. The SMILES string of the molecule is CCOC(=O)CCCCCCOc1cc([N+](=O)[O-])c(C(=O)OCC)cc1OCCOC. The Balaban J connectivity index is 2.77. The molecule has 0 spiro atoms. The molecule has 0 heterocycles. The number of methoxy groups -OCH3 is 1. The van der Waals surface area contributed by atoms with Crippen molar-refractivity contribution in [2.24, 2.45) is 0 Å². The lowest BCUT2D eigenvalue weighted by Crippen LogP contribution is -2.11. The molecular weight excluding hydrogens is 410 g/mol. The molecule has 0 fully saturated rings. The Morgan fingerprint density at radius 2 is 1.55 bits per heavy atom. The second-order valence-corrected chi connectivity index (χ2v) is 6.45. The van der Waals surface area contributed by atoms with Gasteiger partial charge in [-0.05, 0) is 26.7 Å². The molecule has 0 aliphatic rings. The van der Waals surface area contributed by atoms with E-state index in [9.17, 15) is 19.7 Å². The minimum atomic E-state index is -0.807. The van der Waals surface area contributed by atoms with E-state index in [-0.39, 0.29) is 36.2 Å². The van der Waals surface area contributed by atoms with Crippen molar-refractivity contribution in [1.82, 2.24) is 0 Å². The van der Waals surface area contributed by atoms with Gasteiger partial charge < -0.3 is 23.7 Å². The van der Waals surface area contributed by atoms with Crippen molar-refractivity contribution in [2.45, 2.75) is 46.0 Å². The van der Waals surface area contributed by atoms with Gasteiger partial charge in [0.15, 0.2) is 11.5 Å². The fourth-order valence-corrected chi connectivity index (χ4v) is 2.67. The van der Waals surface area contributed by atoms with Crippen LogP contribution in [0.25, 0.3) is 0 Å². The minimum Gasteiger partial charge on any atom is -0.489 e. The van der Waals surface area contributed by atoms with Crippen molar-refractivity contribution in [3.8, 4) is 11.5 Å². The smallest absolute Gasteiger partial charge is 0.345 e. The largest absolute Gasteiger partial charge is 0.489 e. The Kier molecular flexibility index (Phi) is 12.7. The Hall–Kier alpha value is -2.88. The van der Waals surface area contributed by atoms with Crippen molar-refractivity contribution in [2.75, 3.05) is 40.1 Å². The summed E-state index contributed by atoms with van der Waals surface area (Å²) < 4.78 is 26.0. The summed E-state index contributed by atoms with van der Waals surface area (Å²) in [5.74, 6) is -0.639. The van der Waals surface area contributed by atoms with Gasteiger partial charge in [-0.25, -0.2) is 4.79 Å². The molecule has 0 saturated heterocycles. The third-order valence-electron chi connectivity index (χ3n) is 4.14. The molecule has 1 aromatic rings. The first kappa shape index (κ1) is 26.2. The van der Waals surface area contributed by atoms with Crippen LogP contribution in [-0.4, -0.2) is 57.0 Å². The maximum Gasteiger partial charge on any atom is 0.345 e. The lowest BCUT2D eigenvalue weighted by molar-refractivity contribution is -0.385. The first-order valence-electron chi connectivity index (χ1n) is 10.3. The highest BCUT2D eigenvalue weighted by Gasteiger charge is 2.26. The van der Waals surface area contributed by atoms with E-state index in [0.29, 0.717) is 32.7 Å². The van der Waals surface area contributed by atoms with Crippen molar-refractivity contribution in [3.05, 3.63) is 27.8 Å². The first-order valence-corrected chi connectivity index (χ1v) is 10.3. The molecule has 0 amide bonds. The van der Waals surface area contributed by atoms with Crippen LogP contribution in [0, 0.1) is 10.1 Å². The second-order valence-electron chi connectivity index (χ2n) is 6.45. The van der Waals surface area contributed by atoms with Crippen LogP contribution in [0.5, 0.6) is 11.5 Å². The molecule has 0 aromatic heterocycles. The predicted molar refractivity (Wildman–Crippen MR) is 112 cm³/mol. The number of rotatable bonds is 16. The third-order valence-corrected chi connectivity index (χ3v) is 4.14. The van der Waals surface area contributed by atoms with Crippen LogP contribution in [0.1, 0.15) is 56.3 Å². The summed E-state index contributed by atoms with van der Waals surface area (Å²) in [4.78, 5) is 34.2. The van der Waals surface area contributed by atoms with Gasteiger partial charge in [-0.2, -0.15) is 0 Å². The number of unbranched alkanes of at least 4 members (excludes halogenated alkanes) is 3. The summed E-state index contributed by atoms with van der Waals surface area (Å²) in [5, 5.41) is 11.4. The number of carbonyl (C=O) groups is 2. The molecule has 0 bridgehead atoms. The zero-order valence-corrected chi connectivity index (χ0v) is 18.3. The van der Waals surface area contributed by atoms with Gasteiger partial charge in [0.2, 0.25) is 0 Å². The lowest BCUT2D eigenvalue weighted by atomic mass is 10.1. The van der Waals surface area contributed by atoms with Gasteiger partial charge >= 0.3 is 11.9 Å². The molecule has 174 valence electrons. The summed E-state index contributed by atoms with van der Waals surface area (Å²) in [6.07, 6.45) is 3.45. The van der Waals surface area contributed by atoms with Crippen LogP contribution >= 0.6 is 0 Å². The van der Waals surface area contributed by atoms with Crippen LogP contribution in [0.15, 0.2) is 12.1 Å². The van der Waals surface area contributed by atoms with Crippen LogP contribution in [-0.2, 0) is 19.0 Å². The fourth-order valence-electron chi connectivity index (χ4n) is 2.67. The number of esters is 2. The van der Waals surface area contributed by atoms with Gasteiger partial charge in [-0.1, -0.05) is 12.8 Å². The number of nitro benzene ring substituents is 1. The monoisotopic (exact) mass is 441 g/mol. The predicted octanol–water partition coefficient (Wildman–Crippen LogP) is 3.69. The van der Waals surface area contributed by atoms with E-state index in [1.807, 2.05) is 0 Å². The molecular formula is C21H31NO9. The van der Waals surface area contributed by atoms with E-state index < -0.39 is 16.6 Å². The molecule has 0 radical (unpaired) electrons. The summed E-state index contributed by atoms with van der Waals surface area (Å²) in [6, 6.07) is 2.44. The number of hydrogen-bond donors (Lipinski definition) is 0. The van der Waals surface area contributed by atoms with Gasteiger partial charge in [0.1, 0.15) is 12.2 Å². The Morgan fingerprint density at radius 3 is 2.19 bits per heavy atom. The molecule has 31 heavy (non-hydrogen) atoms. The van der Waals surface area contributed by atoms with E-state index in [2.05, 4.69) is 0 Å². The fraction of sp³-hybridized carbons (Fsp3) is 0.619. The molecule has 0 N–H and O–H groups in total. The number of nitrogens with zero attached hydrogens (tertiary/aromatic N) is 1. The van der Waals surface area contributed by atoms with Crippen LogP contribution in [0.2, 0.25) is 0 Å². The Labute approximate surface area is 181 Å². The maximum absolute atomic E-state index is 12.1. The normalized spacial score (nSPS) is 10.4. The standard InChI is InChI=1S/C21H31NO9/c1-4-28-20(23)10-8-6-7-9-11-30-19-15-17(22(25)26)16(21(24)29-5-2)14-18(19)31-13-12-27-3/h14-15H,4-13H2,1-3H3. The van der Waals surface area contributed by atoms with Crippen molar-refractivity contribution < 1.29 is 38.2 Å². The first-order chi connectivity index (χ1) is 14.9. The summed E-state index contributed by atoms with van der Waals surface area (Å²) in [7, 11) is 1.52. The van der Waals surface area contributed by atoms with Gasteiger partial charge in [-0.15, -0.1) is 0 Å². The van der Waals surface area contributed by atoms with Gasteiger partial charge in [0.25, 0.3) is 5.69 Å². The van der Waals surface area contributed by atoms with E-state index in [1.54, 1.807) is 13.8 Å². The average Bonchev–Trinajstić information content (AvgIpc) is 2.73. The van der Waals surface area contributed by atoms with E-state index >= 15 is 0 Å². The van der Waals surface area contributed by atoms with E-state index in [1.165, 1.54) is 19.2 Å². The van der Waals surface area contributed by atoms with Crippen LogP contribution in [0.4, 0.5) is 5.69 Å². The van der Waals surface area contributed by atoms with Crippen LogP contribution < -0.4 is 9.47 Å². The minimum absolute atomic E-state index is 0.0876. The van der Waals surface area contributed by atoms with E-state index in [4.69, 9.17) is 23.7 Å². The summed E-state index contributed by atoms with van der Waals surface area (Å²) in [5.41, 5.74) is -0.618. The number of hydrogen-bond acceptors (Lipinski definition) is 9. The molecule has 0 saturated carbocycles. The quantitative estimate of drug-likeness (QED) is 0.163. The molecule has 0 aliphatic heterocycles. The molecule has 1 aromatic carbocycles. The highest BCUT2D eigenvalue weighted by atomic mass is 16.6. The zero-order chi connectivity index (χ0) is 23.1. The Bertz CT molecular complexity index is 721. The summed E-state index contributed by atoms with van der Waals surface area (Å²) in [6.45, 7) is 4.63. The number of benzene rings is 1. The zero-order valence-electron chi connectivity index (χ0n) is 18.3. The highest BCUT2D eigenvalue weighted by Crippen LogP contribution is 2.35. The second kappa shape index (κ2) is 15.0. The van der Waals surface area contributed by atoms with Gasteiger partial charge in [0.05, 0.1) is 37.4 Å². The van der Waals surface area contributed by atoms with E-state index in [0.717, 1.165) is 19.3 Å². The average molecular weight is 441 g/mol. The lowest BCUT2D eigenvalue weighted by Gasteiger charge is -2.14. The summed E-state index contributed by atoms with van der Waals surface area (Å²) >= 11 is 0. The van der Waals surface area contributed by atoms with Crippen molar-refractivity contribution in [3.63, 3.8) is 0 Å². The molecule has 0 atom stereocenters. The van der Waals surface area contributed by atoms with Crippen molar-refractivity contribution >= 4 is 17.6 Å². The third kappa shape index (κ3) is 9.65. The molecule has 0 unspecified atom stereocenters. The molecule has 0 aliphatic carbocycles. The van der Waals surface area contributed by atoms with Gasteiger partial charge in [0, 0.05) is 19.6 Å². The number of carbonyl (C=O) groups excluding carboxylic acids is 2. The maximum atomic E-state index is 12.1. The van der Waals surface area contributed by atoms with Crippen LogP contribution in [0.3, 0.4) is 0 Å². The molecule has 1 rings (SSSR count).